The highest BCUT2D eigenvalue weighted by Crippen LogP contribution is 2.30. The second-order valence-electron chi connectivity index (χ2n) is 5.84. The predicted octanol–water partition coefficient (Wildman–Crippen LogP) is 4.44. The summed E-state index contributed by atoms with van der Waals surface area (Å²) in [6, 6.07) is 5.65. The molecule has 0 amide bonds. The maximum atomic E-state index is 10.3. The lowest BCUT2D eigenvalue weighted by Crippen LogP contribution is -2.39. The zero-order valence-corrected chi connectivity index (χ0v) is 13.5. The molecule has 0 radical (unpaired) electrons. The molecule has 0 bridgehead atoms. The van der Waals surface area contributed by atoms with Crippen molar-refractivity contribution in [2.75, 3.05) is 6.54 Å². The molecule has 0 aliphatic rings. The molecule has 0 heterocycles. The molecule has 0 spiro atoms. The highest BCUT2D eigenvalue weighted by atomic mass is 35.5. The van der Waals surface area contributed by atoms with Crippen molar-refractivity contribution in [3.05, 3.63) is 33.8 Å². The molecule has 2 atom stereocenters. The third-order valence-corrected chi connectivity index (χ3v) is 3.92. The molecule has 2 unspecified atom stereocenters. The second kappa shape index (κ2) is 6.94. The van der Waals surface area contributed by atoms with E-state index >= 15 is 0 Å². The monoisotopic (exact) mass is 303 g/mol. The fourth-order valence-electron chi connectivity index (χ4n) is 2.29. The average molecular weight is 304 g/mol. The molecule has 0 aromatic heterocycles. The molecule has 0 aliphatic carbocycles. The Hall–Kier alpha value is -0.280. The fourth-order valence-corrected chi connectivity index (χ4v) is 2.76. The molecule has 0 aliphatic heterocycles. The Morgan fingerprint density at radius 3 is 2.47 bits per heavy atom. The van der Waals surface area contributed by atoms with Crippen molar-refractivity contribution in [2.24, 2.45) is 5.92 Å². The van der Waals surface area contributed by atoms with Crippen LogP contribution >= 0.6 is 23.2 Å². The van der Waals surface area contributed by atoms with Crippen molar-refractivity contribution < 1.29 is 5.11 Å². The number of aliphatic hydroxyl groups is 1. The average Bonchev–Trinajstić information content (AvgIpc) is 2.28. The van der Waals surface area contributed by atoms with Gasteiger partial charge in [0.15, 0.2) is 0 Å². The highest BCUT2D eigenvalue weighted by molar-refractivity contribution is 6.42. The van der Waals surface area contributed by atoms with Crippen LogP contribution in [0.2, 0.25) is 10.0 Å². The van der Waals surface area contributed by atoms with Gasteiger partial charge in [0.05, 0.1) is 15.6 Å². The Morgan fingerprint density at radius 1 is 1.26 bits per heavy atom. The van der Waals surface area contributed by atoms with Gasteiger partial charge in [0.2, 0.25) is 0 Å². The van der Waals surface area contributed by atoms with Crippen molar-refractivity contribution >= 4 is 23.2 Å². The topological polar surface area (TPSA) is 32.3 Å². The van der Waals surface area contributed by atoms with Gasteiger partial charge in [-0.1, -0.05) is 49.2 Å². The van der Waals surface area contributed by atoms with Gasteiger partial charge in [-0.05, 0) is 37.8 Å². The van der Waals surface area contributed by atoms with Crippen LogP contribution in [0.1, 0.15) is 45.7 Å². The van der Waals surface area contributed by atoms with Crippen LogP contribution in [0.25, 0.3) is 0 Å². The fraction of sp³-hybridized carbons (Fsp3) is 0.600. The zero-order valence-electron chi connectivity index (χ0n) is 12.0. The molecular weight excluding hydrogens is 281 g/mol. The Morgan fingerprint density at radius 2 is 1.89 bits per heavy atom. The minimum Gasteiger partial charge on any atom is -0.389 e. The van der Waals surface area contributed by atoms with E-state index in [0.717, 1.165) is 12.0 Å². The number of halogens is 2. The second-order valence-corrected chi connectivity index (χ2v) is 6.63. The normalized spacial score (nSPS) is 16.4. The molecule has 1 rings (SSSR count). The number of hydrogen-bond acceptors (Lipinski definition) is 2. The number of rotatable bonds is 6. The van der Waals surface area contributed by atoms with Crippen molar-refractivity contribution in [2.45, 2.75) is 45.8 Å². The van der Waals surface area contributed by atoms with Crippen molar-refractivity contribution in [3.63, 3.8) is 0 Å². The number of benzene rings is 1. The van der Waals surface area contributed by atoms with Crippen LogP contribution in [0.15, 0.2) is 18.2 Å². The standard InChI is InChI=1S/C15H23Cl2NO/c1-10(2)8-15(4,19)9-18-11(3)12-6-5-7-13(16)14(12)17/h5-7,10-11,18-19H,8-9H2,1-4H3. The molecule has 2 N–H and O–H groups in total. The first kappa shape index (κ1) is 16.8. The van der Waals surface area contributed by atoms with Crippen LogP contribution in [0.5, 0.6) is 0 Å². The van der Waals surface area contributed by atoms with Crippen LogP contribution in [0, 0.1) is 5.92 Å². The predicted molar refractivity (Wildman–Crippen MR) is 83.0 cm³/mol. The smallest absolute Gasteiger partial charge is 0.0746 e. The van der Waals surface area contributed by atoms with E-state index in [2.05, 4.69) is 19.2 Å². The summed E-state index contributed by atoms with van der Waals surface area (Å²) in [5, 5.41) is 14.7. The molecule has 2 nitrogen and oxygen atoms in total. The van der Waals surface area contributed by atoms with Gasteiger partial charge in [-0.3, -0.25) is 0 Å². The van der Waals surface area contributed by atoms with Gasteiger partial charge in [0.25, 0.3) is 0 Å². The summed E-state index contributed by atoms with van der Waals surface area (Å²) in [5.41, 5.74) is 0.238. The maximum Gasteiger partial charge on any atom is 0.0746 e. The maximum absolute atomic E-state index is 10.3. The zero-order chi connectivity index (χ0) is 14.6. The van der Waals surface area contributed by atoms with Gasteiger partial charge in [-0.15, -0.1) is 0 Å². The van der Waals surface area contributed by atoms with E-state index in [4.69, 9.17) is 23.2 Å². The van der Waals surface area contributed by atoms with Gasteiger partial charge in [0, 0.05) is 12.6 Å². The molecule has 0 fully saturated rings. The Bertz CT molecular complexity index is 419. The molecule has 108 valence electrons. The van der Waals surface area contributed by atoms with Crippen molar-refractivity contribution in [1.29, 1.82) is 0 Å². The van der Waals surface area contributed by atoms with Crippen LogP contribution in [-0.2, 0) is 0 Å². The van der Waals surface area contributed by atoms with Crippen LogP contribution in [0.3, 0.4) is 0 Å². The summed E-state index contributed by atoms with van der Waals surface area (Å²) in [4.78, 5) is 0. The summed E-state index contributed by atoms with van der Waals surface area (Å²) in [7, 11) is 0. The van der Waals surface area contributed by atoms with Crippen LogP contribution in [-0.4, -0.2) is 17.3 Å². The van der Waals surface area contributed by atoms with Gasteiger partial charge in [0.1, 0.15) is 0 Å². The van der Waals surface area contributed by atoms with E-state index in [-0.39, 0.29) is 6.04 Å². The van der Waals surface area contributed by atoms with Crippen LogP contribution in [0.4, 0.5) is 0 Å². The summed E-state index contributed by atoms with van der Waals surface area (Å²) in [6.45, 7) is 8.60. The van der Waals surface area contributed by atoms with Gasteiger partial charge < -0.3 is 10.4 Å². The van der Waals surface area contributed by atoms with Gasteiger partial charge >= 0.3 is 0 Å². The van der Waals surface area contributed by atoms with E-state index in [1.165, 1.54) is 0 Å². The third-order valence-electron chi connectivity index (χ3n) is 3.09. The minimum atomic E-state index is -0.715. The lowest BCUT2D eigenvalue weighted by atomic mass is 9.94. The van der Waals surface area contributed by atoms with E-state index in [0.29, 0.717) is 22.5 Å². The molecule has 1 aromatic carbocycles. The van der Waals surface area contributed by atoms with Crippen molar-refractivity contribution in [3.8, 4) is 0 Å². The summed E-state index contributed by atoms with van der Waals surface area (Å²) in [5.74, 6) is 0.460. The molecule has 0 saturated heterocycles. The minimum absolute atomic E-state index is 0.0461. The summed E-state index contributed by atoms with van der Waals surface area (Å²) >= 11 is 12.2. The highest BCUT2D eigenvalue weighted by Gasteiger charge is 2.23. The van der Waals surface area contributed by atoms with E-state index in [1.807, 2.05) is 26.0 Å². The Balaban J connectivity index is 2.65. The van der Waals surface area contributed by atoms with Crippen molar-refractivity contribution in [1.82, 2.24) is 5.32 Å². The largest absolute Gasteiger partial charge is 0.389 e. The SMILES string of the molecule is CC(C)CC(C)(O)CNC(C)c1cccc(Cl)c1Cl. The summed E-state index contributed by atoms with van der Waals surface area (Å²) < 4.78 is 0. The quantitative estimate of drug-likeness (QED) is 0.814. The molecular formula is C15H23Cl2NO. The lowest BCUT2D eigenvalue weighted by molar-refractivity contribution is 0.0363. The molecule has 4 heteroatoms. The molecule has 1 aromatic rings. The van der Waals surface area contributed by atoms with Gasteiger partial charge in [-0.25, -0.2) is 0 Å². The first-order valence-electron chi connectivity index (χ1n) is 6.62. The Labute approximate surface area is 126 Å². The number of nitrogens with one attached hydrogen (secondary N) is 1. The Kier molecular flexibility index (Phi) is 6.13. The molecule has 0 saturated carbocycles. The van der Waals surface area contributed by atoms with Crippen LogP contribution < -0.4 is 5.32 Å². The number of hydrogen-bond donors (Lipinski definition) is 2. The van der Waals surface area contributed by atoms with E-state index < -0.39 is 5.60 Å². The lowest BCUT2D eigenvalue weighted by Gasteiger charge is -2.28. The molecule has 19 heavy (non-hydrogen) atoms. The van der Waals surface area contributed by atoms with Gasteiger partial charge in [-0.2, -0.15) is 0 Å². The van der Waals surface area contributed by atoms with E-state index in [1.54, 1.807) is 6.07 Å². The summed E-state index contributed by atoms with van der Waals surface area (Å²) in [6.07, 6.45) is 0.760. The third kappa shape index (κ3) is 5.31. The van der Waals surface area contributed by atoms with E-state index in [9.17, 15) is 5.11 Å². The first-order valence-corrected chi connectivity index (χ1v) is 7.38. The first-order chi connectivity index (χ1) is 8.73.